The van der Waals surface area contributed by atoms with Gasteiger partial charge in [0, 0.05) is 24.2 Å². The average molecular weight is 899 g/mol. The molecule has 0 unspecified atom stereocenters. The highest BCUT2D eigenvalue weighted by Gasteiger charge is 2.23. The van der Waals surface area contributed by atoms with Crippen molar-refractivity contribution in [3.05, 3.63) is 47.5 Å². The molecule has 64 heavy (non-hydrogen) atoms. The number of carbonyl (C=O) groups excluding carboxylic acids is 2. The Kier molecular flexibility index (Phi) is 28.2. The number of amides is 2. The van der Waals surface area contributed by atoms with Crippen LogP contribution in [0.1, 0.15) is 163 Å². The molecule has 2 aromatic carbocycles. The predicted octanol–water partition coefficient (Wildman–Crippen LogP) is 8.40. The van der Waals surface area contributed by atoms with Gasteiger partial charge >= 0.3 is 23.9 Å². The molecular formula is C48H74N4O12. The van der Waals surface area contributed by atoms with Crippen LogP contribution in [0.4, 0.5) is 11.4 Å². The molecule has 2 aromatic rings. The first kappa shape index (κ1) is 54.6. The van der Waals surface area contributed by atoms with E-state index in [1.807, 2.05) is 0 Å². The van der Waals surface area contributed by atoms with Crippen LogP contribution in [0.3, 0.4) is 0 Å². The highest BCUT2D eigenvalue weighted by Crippen LogP contribution is 2.32. The third kappa shape index (κ3) is 23.8. The fourth-order valence-corrected chi connectivity index (χ4v) is 7.30. The predicted molar refractivity (Wildman–Crippen MR) is 247 cm³/mol. The van der Waals surface area contributed by atoms with E-state index in [0.29, 0.717) is 13.1 Å². The molecule has 2 rings (SSSR count). The number of nitrogens with one attached hydrogen (secondary N) is 2. The lowest BCUT2D eigenvalue weighted by atomic mass is 10.1. The second kappa shape index (κ2) is 33.0. The molecule has 0 aromatic heterocycles. The van der Waals surface area contributed by atoms with Gasteiger partial charge < -0.3 is 50.3 Å². The topological polar surface area (TPSA) is 232 Å². The van der Waals surface area contributed by atoms with E-state index in [1.165, 1.54) is 113 Å². The zero-order valence-corrected chi connectivity index (χ0v) is 38.2. The van der Waals surface area contributed by atoms with Crippen LogP contribution in [0, 0.1) is 0 Å². The van der Waals surface area contributed by atoms with E-state index in [2.05, 4.69) is 24.5 Å². The van der Waals surface area contributed by atoms with Crippen molar-refractivity contribution >= 4 is 47.1 Å². The number of anilines is 2. The minimum atomic E-state index is -1.30. The molecule has 0 aliphatic carbocycles. The van der Waals surface area contributed by atoms with Gasteiger partial charge in [-0.15, -0.1) is 0 Å². The summed E-state index contributed by atoms with van der Waals surface area (Å²) in [4.78, 5) is 75.6. The van der Waals surface area contributed by atoms with Gasteiger partial charge in [0.25, 0.3) is 11.8 Å². The molecule has 0 fully saturated rings. The van der Waals surface area contributed by atoms with Crippen molar-refractivity contribution in [3.63, 3.8) is 0 Å². The number of unbranched alkanes of at least 4 members (excludes halogenated alkanes) is 18. The van der Waals surface area contributed by atoms with Gasteiger partial charge in [-0.2, -0.15) is 0 Å². The molecule has 0 saturated carbocycles. The zero-order valence-electron chi connectivity index (χ0n) is 38.2. The lowest BCUT2D eigenvalue weighted by Gasteiger charge is -2.25. The first-order valence-electron chi connectivity index (χ1n) is 23.3. The van der Waals surface area contributed by atoms with Crippen molar-refractivity contribution in [3.8, 4) is 11.5 Å². The van der Waals surface area contributed by atoms with Crippen LogP contribution in [-0.4, -0.2) is 109 Å². The van der Waals surface area contributed by atoms with Gasteiger partial charge in [-0.1, -0.05) is 129 Å². The SMILES string of the molecule is CCCCCCCCCCCCNC(=O)c1ccc(OCCOc2ccc(C(=O)NCCCCCCCCCCCC)cc2N(CC(=O)O)CC(=O)O)c(N(CC(=O)O)CC(=O)O)c1. The van der Waals surface area contributed by atoms with Crippen molar-refractivity contribution < 1.29 is 58.7 Å². The number of ether oxygens (including phenoxy) is 2. The number of carboxylic acid groups (broad SMARTS) is 4. The Morgan fingerprint density at radius 1 is 0.438 bits per heavy atom. The molecule has 0 aliphatic heterocycles. The summed E-state index contributed by atoms with van der Waals surface area (Å²) in [7, 11) is 0. The van der Waals surface area contributed by atoms with Gasteiger partial charge in [-0.3, -0.25) is 28.8 Å². The van der Waals surface area contributed by atoms with Crippen molar-refractivity contribution in [1.29, 1.82) is 0 Å². The second-order valence-electron chi connectivity index (χ2n) is 16.2. The third-order valence-corrected chi connectivity index (χ3v) is 10.7. The van der Waals surface area contributed by atoms with Gasteiger partial charge in [0.05, 0.1) is 11.4 Å². The lowest BCUT2D eigenvalue weighted by molar-refractivity contribution is -0.138. The van der Waals surface area contributed by atoms with E-state index < -0.39 is 61.9 Å². The number of hydrogen-bond donors (Lipinski definition) is 6. The van der Waals surface area contributed by atoms with Crippen molar-refractivity contribution in [2.45, 2.75) is 142 Å². The minimum Gasteiger partial charge on any atom is -0.488 e. The average Bonchev–Trinajstić information content (AvgIpc) is 3.25. The fourth-order valence-electron chi connectivity index (χ4n) is 7.30. The summed E-state index contributed by atoms with van der Waals surface area (Å²) in [5.41, 5.74) is 0.472. The van der Waals surface area contributed by atoms with Crippen LogP contribution in [-0.2, 0) is 19.2 Å². The molecule has 0 saturated heterocycles. The van der Waals surface area contributed by atoms with Crippen LogP contribution < -0.4 is 29.9 Å². The maximum atomic E-state index is 13.2. The smallest absolute Gasteiger partial charge is 0.323 e. The van der Waals surface area contributed by atoms with Crippen LogP contribution in [0.25, 0.3) is 0 Å². The quantitative estimate of drug-likeness (QED) is 0.0346. The Hall–Kier alpha value is -5.54. The summed E-state index contributed by atoms with van der Waals surface area (Å²) in [5.74, 6) is -5.88. The number of carboxylic acids is 4. The standard InChI is InChI=1S/C48H74N4O12/c1-3-5-7-9-11-13-15-17-19-21-27-49-47(61)37-23-25-41(39(31-37)51(33-43(53)54)34-44(55)56)63-29-30-64-42-26-24-38(32-40(42)52(35-45(57)58)36-46(59)60)48(62)50-28-22-20-18-16-14-12-10-8-6-4-2/h23-26,31-32H,3-22,27-30,33-36H2,1-2H3,(H,49,61)(H,50,62)(H,53,54)(H,55,56)(H,57,58)(H,59,60). The van der Waals surface area contributed by atoms with Crippen molar-refractivity contribution in [2.75, 3.05) is 62.3 Å². The first-order valence-corrected chi connectivity index (χ1v) is 23.3. The summed E-state index contributed by atoms with van der Waals surface area (Å²) in [6.45, 7) is 2.10. The number of hydrogen-bond acceptors (Lipinski definition) is 10. The lowest BCUT2D eigenvalue weighted by Crippen LogP contribution is -2.35. The van der Waals surface area contributed by atoms with Crippen LogP contribution >= 0.6 is 0 Å². The Bertz CT molecular complexity index is 1570. The van der Waals surface area contributed by atoms with E-state index in [9.17, 15) is 49.2 Å². The van der Waals surface area contributed by atoms with Gasteiger partial charge in [0.2, 0.25) is 0 Å². The summed E-state index contributed by atoms with van der Waals surface area (Å²) in [5, 5.41) is 44.2. The molecule has 16 nitrogen and oxygen atoms in total. The van der Waals surface area contributed by atoms with Crippen molar-refractivity contribution in [2.24, 2.45) is 0 Å². The molecule has 16 heteroatoms. The van der Waals surface area contributed by atoms with E-state index >= 15 is 0 Å². The molecule has 358 valence electrons. The van der Waals surface area contributed by atoms with Gasteiger partial charge in [0.1, 0.15) is 50.9 Å². The number of carbonyl (C=O) groups is 6. The Labute approximate surface area is 379 Å². The van der Waals surface area contributed by atoms with Crippen LogP contribution in [0.15, 0.2) is 36.4 Å². The van der Waals surface area contributed by atoms with E-state index in [1.54, 1.807) is 0 Å². The maximum Gasteiger partial charge on any atom is 0.323 e. The highest BCUT2D eigenvalue weighted by molar-refractivity contribution is 5.97. The molecule has 0 aliphatic rings. The second-order valence-corrected chi connectivity index (χ2v) is 16.2. The largest absolute Gasteiger partial charge is 0.488 e. The highest BCUT2D eigenvalue weighted by atomic mass is 16.5. The number of benzene rings is 2. The van der Waals surface area contributed by atoms with Gasteiger partial charge in [0.15, 0.2) is 0 Å². The first-order chi connectivity index (χ1) is 30.9. The molecule has 0 atom stereocenters. The van der Waals surface area contributed by atoms with Crippen LogP contribution in [0.5, 0.6) is 11.5 Å². The Morgan fingerprint density at radius 2 is 0.719 bits per heavy atom. The fraction of sp³-hybridized carbons (Fsp3) is 0.625. The molecule has 6 N–H and O–H groups in total. The van der Waals surface area contributed by atoms with Crippen LogP contribution in [0.2, 0.25) is 0 Å². The Balaban J connectivity index is 2.13. The van der Waals surface area contributed by atoms with Crippen molar-refractivity contribution in [1.82, 2.24) is 10.6 Å². The molecule has 0 heterocycles. The zero-order chi connectivity index (χ0) is 47.0. The summed E-state index contributed by atoms with van der Waals surface area (Å²) >= 11 is 0. The molecule has 0 bridgehead atoms. The van der Waals surface area contributed by atoms with E-state index in [4.69, 9.17) is 9.47 Å². The molecule has 0 radical (unpaired) electrons. The molecule has 0 spiro atoms. The number of nitrogens with zero attached hydrogens (tertiary/aromatic N) is 2. The minimum absolute atomic E-state index is 0.0549. The Morgan fingerprint density at radius 3 is 1.00 bits per heavy atom. The van der Waals surface area contributed by atoms with E-state index in [-0.39, 0.29) is 47.2 Å². The molecule has 2 amide bonds. The van der Waals surface area contributed by atoms with Gasteiger partial charge in [-0.05, 0) is 49.2 Å². The number of aliphatic carboxylic acids is 4. The maximum absolute atomic E-state index is 13.2. The third-order valence-electron chi connectivity index (χ3n) is 10.7. The number of rotatable bonds is 39. The normalized spacial score (nSPS) is 10.8. The van der Waals surface area contributed by atoms with Gasteiger partial charge in [-0.25, -0.2) is 0 Å². The summed E-state index contributed by atoms with van der Waals surface area (Å²) in [6, 6.07) is 8.62. The summed E-state index contributed by atoms with van der Waals surface area (Å²) < 4.78 is 11.9. The summed E-state index contributed by atoms with van der Waals surface area (Å²) in [6.07, 6.45) is 23.0. The molecular weight excluding hydrogens is 825 g/mol. The monoisotopic (exact) mass is 899 g/mol. The van der Waals surface area contributed by atoms with E-state index in [0.717, 1.165) is 61.2 Å².